The Morgan fingerprint density at radius 3 is 2.67 bits per heavy atom. The maximum absolute atomic E-state index is 13.2. The van der Waals surface area contributed by atoms with Crippen molar-refractivity contribution < 1.29 is 9.50 Å². The molecule has 2 heterocycles. The number of aromatic nitrogens is 2. The highest BCUT2D eigenvalue weighted by molar-refractivity contribution is 7.18. The highest BCUT2D eigenvalue weighted by atomic mass is 32.1. The Morgan fingerprint density at radius 1 is 1.22 bits per heavy atom. The van der Waals surface area contributed by atoms with Crippen LogP contribution in [0.5, 0.6) is 0 Å². The standard InChI is InChI=1S/C12H12FN3OS/c13-9-6-16(7-10(9)17)12-15-14-11(18-12)8-4-2-1-3-5-8/h1-5,9-10,17H,6-7H2/t9-,10-/m1/s1. The molecule has 6 heteroatoms. The second-order valence-electron chi connectivity index (χ2n) is 4.24. The monoisotopic (exact) mass is 265 g/mol. The van der Waals surface area contributed by atoms with Gasteiger partial charge in [-0.2, -0.15) is 0 Å². The largest absolute Gasteiger partial charge is 0.388 e. The van der Waals surface area contributed by atoms with Crippen molar-refractivity contribution in [3.8, 4) is 10.6 Å². The van der Waals surface area contributed by atoms with Crippen LogP contribution in [0.25, 0.3) is 10.6 Å². The summed E-state index contributed by atoms with van der Waals surface area (Å²) in [7, 11) is 0. The van der Waals surface area contributed by atoms with Crippen LogP contribution in [0.1, 0.15) is 0 Å². The van der Waals surface area contributed by atoms with Crippen LogP contribution in [-0.2, 0) is 0 Å². The number of hydrogen-bond donors (Lipinski definition) is 1. The first-order valence-corrected chi connectivity index (χ1v) is 6.51. The summed E-state index contributed by atoms with van der Waals surface area (Å²) in [5, 5.41) is 19.0. The number of hydrogen-bond acceptors (Lipinski definition) is 5. The van der Waals surface area contributed by atoms with Gasteiger partial charge in [0.15, 0.2) is 0 Å². The van der Waals surface area contributed by atoms with Gasteiger partial charge in [-0.05, 0) is 0 Å². The Hall–Kier alpha value is -1.53. The lowest BCUT2D eigenvalue weighted by molar-refractivity contribution is 0.118. The molecular weight excluding hydrogens is 253 g/mol. The van der Waals surface area contributed by atoms with Gasteiger partial charge in [-0.3, -0.25) is 0 Å². The van der Waals surface area contributed by atoms with Crippen LogP contribution < -0.4 is 4.90 Å². The third-order valence-electron chi connectivity index (χ3n) is 2.93. The first-order valence-electron chi connectivity index (χ1n) is 5.70. The zero-order valence-electron chi connectivity index (χ0n) is 9.53. The molecule has 1 aromatic carbocycles. The van der Waals surface area contributed by atoms with Crippen LogP contribution in [0.3, 0.4) is 0 Å². The second kappa shape index (κ2) is 4.62. The molecule has 0 spiro atoms. The van der Waals surface area contributed by atoms with E-state index in [0.29, 0.717) is 5.13 Å². The van der Waals surface area contributed by atoms with Gasteiger partial charge in [-0.15, -0.1) is 10.2 Å². The van der Waals surface area contributed by atoms with Gasteiger partial charge < -0.3 is 10.0 Å². The summed E-state index contributed by atoms with van der Waals surface area (Å²) in [6, 6.07) is 9.74. The van der Waals surface area contributed by atoms with E-state index in [9.17, 15) is 9.50 Å². The highest BCUT2D eigenvalue weighted by Crippen LogP contribution is 2.30. The number of rotatable bonds is 2. The topological polar surface area (TPSA) is 49.2 Å². The van der Waals surface area contributed by atoms with Gasteiger partial charge in [-0.25, -0.2) is 4.39 Å². The van der Waals surface area contributed by atoms with Crippen LogP contribution in [-0.4, -0.2) is 40.7 Å². The van der Waals surface area contributed by atoms with Crippen molar-refractivity contribution in [1.29, 1.82) is 0 Å². The lowest BCUT2D eigenvalue weighted by atomic mass is 10.2. The molecule has 1 aliphatic rings. The van der Waals surface area contributed by atoms with E-state index in [1.165, 1.54) is 11.3 Å². The number of alkyl halides is 1. The van der Waals surface area contributed by atoms with Crippen LogP contribution in [0, 0.1) is 0 Å². The van der Waals surface area contributed by atoms with Gasteiger partial charge in [-0.1, -0.05) is 41.7 Å². The zero-order valence-corrected chi connectivity index (χ0v) is 10.3. The number of halogens is 1. The van der Waals surface area contributed by atoms with E-state index in [2.05, 4.69) is 10.2 Å². The van der Waals surface area contributed by atoms with Crippen molar-refractivity contribution in [3.05, 3.63) is 30.3 Å². The number of aliphatic hydroxyl groups is 1. The minimum absolute atomic E-state index is 0.185. The molecule has 0 saturated carbocycles. The summed E-state index contributed by atoms with van der Waals surface area (Å²) in [5.41, 5.74) is 0.998. The molecule has 94 valence electrons. The Labute approximate surface area is 108 Å². The van der Waals surface area contributed by atoms with E-state index in [1.54, 1.807) is 4.90 Å². The SMILES string of the molecule is O[C@@H]1CN(c2nnc(-c3ccccc3)s2)C[C@H]1F. The molecule has 0 unspecified atom stereocenters. The fraction of sp³-hybridized carbons (Fsp3) is 0.333. The molecule has 1 saturated heterocycles. The van der Waals surface area contributed by atoms with Crippen molar-refractivity contribution in [1.82, 2.24) is 10.2 Å². The van der Waals surface area contributed by atoms with Crippen molar-refractivity contribution in [2.45, 2.75) is 12.3 Å². The number of anilines is 1. The predicted molar refractivity (Wildman–Crippen MR) is 68.5 cm³/mol. The van der Waals surface area contributed by atoms with Crippen LogP contribution >= 0.6 is 11.3 Å². The molecule has 18 heavy (non-hydrogen) atoms. The molecule has 0 aliphatic carbocycles. The summed E-state index contributed by atoms with van der Waals surface area (Å²) >= 11 is 1.41. The number of β-amino-alcohol motifs (C(OH)–C–C–N with tert-alkyl or cyclic N) is 1. The molecule has 3 rings (SSSR count). The summed E-state index contributed by atoms with van der Waals surface area (Å²) in [6.07, 6.45) is -2.12. The molecule has 0 radical (unpaired) electrons. The van der Waals surface area contributed by atoms with E-state index in [0.717, 1.165) is 10.6 Å². The predicted octanol–water partition coefficient (Wildman–Crippen LogP) is 1.72. The Morgan fingerprint density at radius 2 is 2.00 bits per heavy atom. The summed E-state index contributed by atoms with van der Waals surface area (Å²) in [6.45, 7) is 0.467. The van der Waals surface area contributed by atoms with E-state index >= 15 is 0 Å². The zero-order chi connectivity index (χ0) is 12.5. The Balaban J connectivity index is 1.82. The van der Waals surface area contributed by atoms with Crippen molar-refractivity contribution in [2.24, 2.45) is 0 Å². The van der Waals surface area contributed by atoms with E-state index in [4.69, 9.17) is 0 Å². The van der Waals surface area contributed by atoms with Crippen LogP contribution in [0.4, 0.5) is 9.52 Å². The first kappa shape index (κ1) is 11.6. The fourth-order valence-electron chi connectivity index (χ4n) is 1.94. The minimum Gasteiger partial charge on any atom is -0.388 e. The third-order valence-corrected chi connectivity index (χ3v) is 3.96. The molecule has 1 aromatic heterocycles. The van der Waals surface area contributed by atoms with E-state index in [1.807, 2.05) is 30.3 Å². The molecular formula is C12H12FN3OS. The average molecular weight is 265 g/mol. The number of benzene rings is 1. The smallest absolute Gasteiger partial charge is 0.208 e. The molecule has 1 N–H and O–H groups in total. The second-order valence-corrected chi connectivity index (χ2v) is 5.20. The van der Waals surface area contributed by atoms with Gasteiger partial charge in [0, 0.05) is 12.1 Å². The van der Waals surface area contributed by atoms with Gasteiger partial charge >= 0.3 is 0 Å². The molecule has 0 bridgehead atoms. The lowest BCUT2D eigenvalue weighted by Gasteiger charge is -2.11. The molecule has 1 fully saturated rings. The maximum atomic E-state index is 13.2. The number of nitrogens with zero attached hydrogens (tertiary/aromatic N) is 3. The maximum Gasteiger partial charge on any atom is 0.208 e. The first-order chi connectivity index (χ1) is 8.74. The van der Waals surface area contributed by atoms with Gasteiger partial charge in [0.1, 0.15) is 17.3 Å². The summed E-state index contributed by atoms with van der Waals surface area (Å²) in [4.78, 5) is 1.74. The van der Waals surface area contributed by atoms with Crippen LogP contribution in [0.2, 0.25) is 0 Å². The van der Waals surface area contributed by atoms with Gasteiger partial charge in [0.2, 0.25) is 5.13 Å². The normalized spacial score (nSPS) is 23.6. The van der Waals surface area contributed by atoms with Crippen LogP contribution in [0.15, 0.2) is 30.3 Å². The summed E-state index contributed by atoms with van der Waals surface area (Å²) < 4.78 is 13.2. The van der Waals surface area contributed by atoms with E-state index < -0.39 is 12.3 Å². The minimum atomic E-state index is -1.20. The Bertz CT molecular complexity index is 523. The molecule has 2 atom stereocenters. The van der Waals surface area contributed by atoms with Gasteiger partial charge in [0.25, 0.3) is 0 Å². The third kappa shape index (κ3) is 2.09. The molecule has 0 amide bonds. The average Bonchev–Trinajstić information content (AvgIpc) is 2.99. The summed E-state index contributed by atoms with van der Waals surface area (Å²) in [5.74, 6) is 0. The highest BCUT2D eigenvalue weighted by Gasteiger charge is 2.32. The van der Waals surface area contributed by atoms with Crippen molar-refractivity contribution >= 4 is 16.5 Å². The van der Waals surface area contributed by atoms with Crippen molar-refractivity contribution in [3.63, 3.8) is 0 Å². The van der Waals surface area contributed by atoms with E-state index in [-0.39, 0.29) is 13.1 Å². The lowest BCUT2D eigenvalue weighted by Crippen LogP contribution is -2.20. The van der Waals surface area contributed by atoms with Crippen molar-refractivity contribution in [2.75, 3.05) is 18.0 Å². The number of aliphatic hydroxyl groups excluding tert-OH is 1. The quantitative estimate of drug-likeness (QED) is 0.898. The molecule has 4 nitrogen and oxygen atoms in total. The molecule has 2 aromatic rings. The fourth-order valence-corrected chi connectivity index (χ4v) is 2.81. The van der Waals surface area contributed by atoms with Gasteiger partial charge in [0.05, 0.1) is 6.54 Å². The molecule has 1 aliphatic heterocycles. The Kier molecular flexibility index (Phi) is 2.97.